The second-order valence-corrected chi connectivity index (χ2v) is 9.95. The lowest BCUT2D eigenvalue weighted by Gasteiger charge is -2.39. The van der Waals surface area contributed by atoms with Gasteiger partial charge in [0.05, 0.1) is 17.5 Å². The summed E-state index contributed by atoms with van der Waals surface area (Å²) in [5, 5.41) is 13.9. The molecule has 4 aromatic rings. The van der Waals surface area contributed by atoms with Gasteiger partial charge in [-0.1, -0.05) is 0 Å². The van der Waals surface area contributed by atoms with Crippen LogP contribution < -0.4 is 5.73 Å². The molecule has 2 atom stereocenters. The van der Waals surface area contributed by atoms with Crippen LogP contribution in [-0.4, -0.2) is 69.9 Å². The summed E-state index contributed by atoms with van der Waals surface area (Å²) in [6.07, 6.45) is 10.0. The molecule has 2 saturated heterocycles. The van der Waals surface area contributed by atoms with Gasteiger partial charge in [0.1, 0.15) is 18.1 Å². The first-order valence-corrected chi connectivity index (χ1v) is 12.4. The van der Waals surface area contributed by atoms with Gasteiger partial charge in [-0.05, 0) is 51.2 Å². The van der Waals surface area contributed by atoms with E-state index in [9.17, 15) is 14.7 Å². The number of rotatable bonds is 5. The number of ketones is 1. The maximum absolute atomic E-state index is 12.8. The lowest BCUT2D eigenvalue weighted by molar-refractivity contribution is -0.138. The first-order chi connectivity index (χ1) is 17.9. The highest BCUT2D eigenvalue weighted by Crippen LogP contribution is 2.44. The number of nitrogens with zero attached hydrogens (tertiary/aromatic N) is 6. The van der Waals surface area contributed by atoms with Gasteiger partial charge in [0, 0.05) is 47.7 Å². The molecule has 0 radical (unpaired) electrons. The summed E-state index contributed by atoms with van der Waals surface area (Å²) >= 11 is 0. The molecule has 37 heavy (non-hydrogen) atoms. The summed E-state index contributed by atoms with van der Waals surface area (Å²) in [6, 6.07) is 2.05. The van der Waals surface area contributed by atoms with Crippen LogP contribution in [0.15, 0.2) is 30.9 Å². The van der Waals surface area contributed by atoms with E-state index in [1.54, 1.807) is 24.8 Å². The standard InChI is InChI=1S/C26H28N8O3/c1-13-7-16(10-30-22(13)25-28-5-6-29-25)19-11-31-34-24(27)21(14(2)36)23(32-26(19)34)15-8-17-3-4-18(9-15)33(17)20(37)12-35/h5-7,10-11,15,17-18,35H,3-4,8-9,12,27H2,1-2H3,(H,28,29). The van der Waals surface area contributed by atoms with Gasteiger partial charge >= 0.3 is 0 Å². The lowest BCUT2D eigenvalue weighted by atomic mass is 9.85. The molecule has 0 aliphatic carbocycles. The molecule has 2 aliphatic rings. The molecule has 2 fully saturated rings. The van der Waals surface area contributed by atoms with Crippen LogP contribution >= 0.6 is 0 Å². The molecule has 190 valence electrons. The molecular weight excluding hydrogens is 472 g/mol. The monoisotopic (exact) mass is 500 g/mol. The Bertz CT molecular complexity index is 1510. The molecule has 11 heteroatoms. The highest BCUT2D eigenvalue weighted by Gasteiger charge is 2.44. The van der Waals surface area contributed by atoms with E-state index in [1.807, 2.05) is 17.9 Å². The number of aliphatic hydroxyl groups is 1. The number of imidazole rings is 1. The van der Waals surface area contributed by atoms with Gasteiger partial charge < -0.3 is 20.7 Å². The number of aromatic amines is 1. The number of aromatic nitrogens is 6. The van der Waals surface area contributed by atoms with Crippen molar-refractivity contribution >= 4 is 23.2 Å². The Labute approximate surface area is 212 Å². The third kappa shape index (κ3) is 3.69. The van der Waals surface area contributed by atoms with Gasteiger partial charge in [0.15, 0.2) is 17.3 Å². The van der Waals surface area contributed by atoms with Crippen LogP contribution in [0.25, 0.3) is 28.3 Å². The summed E-state index contributed by atoms with van der Waals surface area (Å²) in [4.78, 5) is 43.9. The Morgan fingerprint density at radius 3 is 2.57 bits per heavy atom. The van der Waals surface area contributed by atoms with Crippen molar-refractivity contribution in [3.05, 3.63) is 47.7 Å². The normalized spacial score (nSPS) is 21.1. The van der Waals surface area contributed by atoms with Gasteiger partial charge in [-0.2, -0.15) is 9.61 Å². The van der Waals surface area contributed by atoms with Crippen molar-refractivity contribution in [1.82, 2.24) is 34.4 Å². The summed E-state index contributed by atoms with van der Waals surface area (Å²) in [6.45, 7) is 2.98. The fourth-order valence-corrected chi connectivity index (χ4v) is 6.15. The third-order valence-corrected chi connectivity index (χ3v) is 7.72. The van der Waals surface area contributed by atoms with Crippen LogP contribution in [0.3, 0.4) is 0 Å². The van der Waals surface area contributed by atoms with E-state index in [1.165, 1.54) is 11.4 Å². The fourth-order valence-electron chi connectivity index (χ4n) is 6.15. The van der Waals surface area contributed by atoms with Crippen LogP contribution in [0, 0.1) is 6.92 Å². The number of amides is 1. The predicted octanol–water partition coefficient (Wildman–Crippen LogP) is 2.50. The van der Waals surface area contributed by atoms with Crippen molar-refractivity contribution in [2.75, 3.05) is 12.3 Å². The topological polar surface area (TPSA) is 155 Å². The number of H-pyrrole nitrogens is 1. The van der Waals surface area contributed by atoms with Crippen LogP contribution in [0.1, 0.15) is 60.1 Å². The number of fused-ring (bicyclic) bond motifs is 3. The maximum atomic E-state index is 12.8. The number of carbonyl (C=O) groups excluding carboxylic acids is 2. The van der Waals surface area contributed by atoms with Crippen molar-refractivity contribution in [3.8, 4) is 22.6 Å². The predicted molar refractivity (Wildman–Crippen MR) is 136 cm³/mol. The summed E-state index contributed by atoms with van der Waals surface area (Å²) in [7, 11) is 0. The lowest BCUT2D eigenvalue weighted by Crippen LogP contribution is -2.47. The average Bonchev–Trinajstić information content (AvgIpc) is 3.61. The highest BCUT2D eigenvalue weighted by molar-refractivity contribution is 6.00. The minimum Gasteiger partial charge on any atom is -0.387 e. The van der Waals surface area contributed by atoms with Crippen LogP contribution in [-0.2, 0) is 4.79 Å². The number of hydrogen-bond donors (Lipinski definition) is 3. The van der Waals surface area contributed by atoms with E-state index in [0.29, 0.717) is 35.6 Å². The Kier molecular flexibility index (Phi) is 5.52. The number of Topliss-reactive ketones (excluding diaryl/α,β-unsaturated/α-hetero) is 1. The van der Waals surface area contributed by atoms with Crippen LogP contribution in [0.4, 0.5) is 5.82 Å². The average molecular weight is 501 g/mol. The van der Waals surface area contributed by atoms with Crippen molar-refractivity contribution in [2.45, 2.75) is 57.5 Å². The van der Waals surface area contributed by atoms with E-state index >= 15 is 0 Å². The second kappa shape index (κ2) is 8.77. The van der Waals surface area contributed by atoms with Gasteiger partial charge in [-0.25, -0.2) is 9.97 Å². The van der Waals surface area contributed by atoms with E-state index in [-0.39, 0.29) is 35.5 Å². The zero-order valence-electron chi connectivity index (χ0n) is 20.7. The number of carbonyl (C=O) groups is 2. The zero-order chi connectivity index (χ0) is 25.8. The number of piperidine rings is 1. The van der Waals surface area contributed by atoms with E-state index in [0.717, 1.165) is 35.2 Å². The quantitative estimate of drug-likeness (QED) is 0.353. The Morgan fingerprint density at radius 1 is 1.19 bits per heavy atom. The maximum Gasteiger partial charge on any atom is 0.248 e. The molecule has 6 heterocycles. The van der Waals surface area contributed by atoms with Crippen LogP contribution in [0.5, 0.6) is 0 Å². The van der Waals surface area contributed by atoms with Gasteiger partial charge in [0.2, 0.25) is 5.91 Å². The minimum absolute atomic E-state index is 0.0211. The number of nitrogen functional groups attached to an aromatic ring is 1. The number of hydrogen-bond acceptors (Lipinski definition) is 8. The summed E-state index contributed by atoms with van der Waals surface area (Å²) < 4.78 is 1.52. The summed E-state index contributed by atoms with van der Waals surface area (Å²) in [5.74, 6) is 0.521. The summed E-state index contributed by atoms with van der Waals surface area (Å²) in [5.41, 5.74) is 11.4. The first kappa shape index (κ1) is 23.3. The van der Waals surface area contributed by atoms with E-state index in [2.05, 4.69) is 20.1 Å². The minimum atomic E-state index is -0.487. The SMILES string of the molecule is CC(=O)c1c(C2CC3CCC(C2)N3C(=O)CO)nc2c(-c3cnc(-c4ncc[nH]4)c(C)c3)cnn2c1N. The first-order valence-electron chi connectivity index (χ1n) is 12.4. The number of aryl methyl sites for hydroxylation is 1. The zero-order valence-corrected chi connectivity index (χ0v) is 20.7. The molecule has 2 unspecified atom stereocenters. The van der Waals surface area contributed by atoms with Gasteiger partial charge in [-0.15, -0.1) is 0 Å². The number of nitrogens with one attached hydrogen (secondary N) is 1. The highest BCUT2D eigenvalue weighted by atomic mass is 16.3. The number of aliphatic hydroxyl groups excluding tert-OH is 1. The molecule has 4 aromatic heterocycles. The smallest absolute Gasteiger partial charge is 0.248 e. The van der Waals surface area contributed by atoms with Crippen molar-refractivity contribution < 1.29 is 14.7 Å². The number of pyridine rings is 1. The van der Waals surface area contributed by atoms with Crippen molar-refractivity contribution in [1.29, 1.82) is 0 Å². The van der Waals surface area contributed by atoms with Gasteiger partial charge in [-0.3, -0.25) is 14.6 Å². The van der Waals surface area contributed by atoms with Gasteiger partial charge in [0.25, 0.3) is 0 Å². The van der Waals surface area contributed by atoms with E-state index < -0.39 is 6.61 Å². The third-order valence-electron chi connectivity index (χ3n) is 7.72. The molecule has 0 spiro atoms. The van der Waals surface area contributed by atoms with E-state index in [4.69, 9.17) is 10.7 Å². The molecule has 2 aliphatic heterocycles. The molecule has 0 aromatic carbocycles. The molecule has 11 nitrogen and oxygen atoms in total. The molecule has 1 amide bonds. The number of nitrogens with two attached hydrogens (primary N) is 1. The molecular formula is C26H28N8O3. The van der Waals surface area contributed by atoms with Crippen molar-refractivity contribution in [3.63, 3.8) is 0 Å². The molecule has 2 bridgehead atoms. The van der Waals surface area contributed by atoms with Crippen molar-refractivity contribution in [2.24, 2.45) is 0 Å². The second-order valence-electron chi connectivity index (χ2n) is 9.95. The molecule has 4 N–H and O–H groups in total. The molecule has 6 rings (SSSR count). The Hall–Kier alpha value is -4.12. The molecule has 0 saturated carbocycles. The Morgan fingerprint density at radius 2 is 1.95 bits per heavy atom. The Balaban J connectivity index is 1.44. The fraction of sp³-hybridized carbons (Fsp3) is 0.385. The van der Waals surface area contributed by atoms with Crippen LogP contribution in [0.2, 0.25) is 0 Å². The number of anilines is 1. The largest absolute Gasteiger partial charge is 0.387 e.